The Bertz CT molecular complexity index is 420. The summed E-state index contributed by atoms with van der Waals surface area (Å²) in [5.74, 6) is -31.0. The third-order valence-corrected chi connectivity index (χ3v) is 2.61. The van der Waals surface area contributed by atoms with Gasteiger partial charge in [-0.05, 0) is 0 Å². The Kier molecular flexibility index (Phi) is 5.25. The highest BCUT2D eigenvalue weighted by Gasteiger charge is 2.90. The molecule has 0 aromatic heterocycles. The number of halogens is 15. The summed E-state index contributed by atoms with van der Waals surface area (Å²) in [5.41, 5.74) is -7.04. The van der Waals surface area contributed by atoms with Gasteiger partial charge in [-0.25, -0.2) is 17.6 Å². The van der Waals surface area contributed by atoms with Gasteiger partial charge in [-0.15, -0.1) is 0 Å². The van der Waals surface area contributed by atoms with E-state index in [-0.39, 0.29) is 0 Å². The van der Waals surface area contributed by atoms with Crippen molar-refractivity contribution in [3.8, 4) is 0 Å². The maximum absolute atomic E-state index is 12.9. The second kappa shape index (κ2) is 5.50. The molecule has 1 atom stereocenters. The number of hydrogen-bond donors (Lipinski definition) is 0. The van der Waals surface area contributed by atoms with Gasteiger partial charge in [0.25, 0.3) is 0 Å². The van der Waals surface area contributed by atoms with Crippen molar-refractivity contribution >= 4 is 0 Å². The van der Waals surface area contributed by atoms with E-state index in [9.17, 15) is 65.9 Å². The van der Waals surface area contributed by atoms with Crippen LogP contribution in [0, 0.1) is 0 Å². The smallest absolute Gasteiger partial charge is 0.247 e. The van der Waals surface area contributed by atoms with Gasteiger partial charge in [0.05, 0.1) is 0 Å². The molecule has 140 valence electrons. The second-order valence-electron chi connectivity index (χ2n) is 4.08. The predicted octanol–water partition coefficient (Wildman–Crippen LogP) is 5.03. The van der Waals surface area contributed by atoms with Crippen LogP contribution in [0.2, 0.25) is 0 Å². The quantitative estimate of drug-likeness (QED) is 0.564. The van der Waals surface area contributed by atoms with Gasteiger partial charge < -0.3 is 0 Å². The molecule has 0 bridgehead atoms. The standard InChI is InChI=1S/C8H3F15/c9-1-3(12,8(21,22)23)5(15,16)7(19,20)6(17,18)4(13,14)2(10)11/h2H,1H2. The molecule has 0 aromatic carbocycles. The highest BCUT2D eigenvalue weighted by atomic mass is 19.4. The Morgan fingerprint density at radius 3 is 1.13 bits per heavy atom. The molecule has 0 aliphatic carbocycles. The molecule has 0 radical (unpaired) electrons. The van der Waals surface area contributed by atoms with Crippen molar-refractivity contribution in [3.63, 3.8) is 0 Å². The van der Waals surface area contributed by atoms with Gasteiger partial charge in [0, 0.05) is 0 Å². The van der Waals surface area contributed by atoms with Gasteiger partial charge in [-0.1, -0.05) is 0 Å². The molecule has 15 heteroatoms. The average Bonchev–Trinajstić information content (AvgIpc) is 2.34. The van der Waals surface area contributed by atoms with Crippen molar-refractivity contribution < 1.29 is 65.9 Å². The van der Waals surface area contributed by atoms with Crippen LogP contribution in [0.25, 0.3) is 0 Å². The minimum Gasteiger partial charge on any atom is -0.247 e. The second-order valence-corrected chi connectivity index (χ2v) is 4.08. The van der Waals surface area contributed by atoms with Crippen molar-refractivity contribution in [2.45, 2.75) is 42.0 Å². The molecule has 0 aliphatic heterocycles. The molecule has 0 aromatic rings. The number of rotatable bonds is 6. The highest BCUT2D eigenvalue weighted by Crippen LogP contribution is 2.60. The lowest BCUT2D eigenvalue weighted by atomic mass is 9.87. The van der Waals surface area contributed by atoms with E-state index in [1.54, 1.807) is 0 Å². The van der Waals surface area contributed by atoms with Crippen LogP contribution in [0.5, 0.6) is 0 Å². The van der Waals surface area contributed by atoms with Gasteiger partial charge in [0.15, 0.2) is 0 Å². The summed E-state index contributed by atoms with van der Waals surface area (Å²) < 4.78 is 185. The number of alkyl halides is 15. The van der Waals surface area contributed by atoms with E-state index in [1.165, 1.54) is 0 Å². The van der Waals surface area contributed by atoms with Crippen molar-refractivity contribution in [1.29, 1.82) is 0 Å². The van der Waals surface area contributed by atoms with E-state index in [1.807, 2.05) is 0 Å². The normalized spacial score (nSPS) is 18.3. The van der Waals surface area contributed by atoms with Crippen LogP contribution in [-0.4, -0.2) is 48.6 Å². The zero-order valence-corrected chi connectivity index (χ0v) is 9.95. The molecule has 0 rings (SSSR count). The van der Waals surface area contributed by atoms with Crippen molar-refractivity contribution in [3.05, 3.63) is 0 Å². The van der Waals surface area contributed by atoms with Gasteiger partial charge in [0.2, 0.25) is 0 Å². The van der Waals surface area contributed by atoms with Crippen LogP contribution in [0.1, 0.15) is 0 Å². The Morgan fingerprint density at radius 2 is 0.913 bits per heavy atom. The molecular weight excluding hydrogens is 381 g/mol. The van der Waals surface area contributed by atoms with Gasteiger partial charge in [0.1, 0.15) is 6.67 Å². The van der Waals surface area contributed by atoms with Crippen molar-refractivity contribution in [2.24, 2.45) is 0 Å². The molecule has 0 N–H and O–H groups in total. The summed E-state index contributed by atoms with van der Waals surface area (Å²) in [5, 5.41) is 0. The van der Waals surface area contributed by atoms with E-state index in [2.05, 4.69) is 0 Å². The first-order valence-electron chi connectivity index (χ1n) is 4.86. The van der Waals surface area contributed by atoms with Crippen LogP contribution in [0.4, 0.5) is 65.9 Å². The monoisotopic (exact) mass is 384 g/mol. The van der Waals surface area contributed by atoms with Gasteiger partial charge in [-0.3, -0.25) is 0 Å². The van der Waals surface area contributed by atoms with Gasteiger partial charge in [-0.2, -0.15) is 48.3 Å². The van der Waals surface area contributed by atoms with Crippen molar-refractivity contribution in [1.82, 2.24) is 0 Å². The van der Waals surface area contributed by atoms with Crippen molar-refractivity contribution in [2.75, 3.05) is 6.67 Å². The summed E-state index contributed by atoms with van der Waals surface area (Å²) in [7, 11) is 0. The van der Waals surface area contributed by atoms with Crippen LogP contribution in [0.15, 0.2) is 0 Å². The van der Waals surface area contributed by atoms with Crippen LogP contribution in [0.3, 0.4) is 0 Å². The molecule has 0 aliphatic rings. The lowest BCUT2D eigenvalue weighted by molar-refractivity contribution is -0.424. The van der Waals surface area contributed by atoms with E-state index in [0.717, 1.165) is 0 Å². The van der Waals surface area contributed by atoms with Crippen LogP contribution < -0.4 is 0 Å². The molecule has 23 heavy (non-hydrogen) atoms. The molecule has 1 unspecified atom stereocenters. The highest BCUT2D eigenvalue weighted by molar-refractivity contribution is 5.14. The largest absolute Gasteiger partial charge is 0.431 e. The van der Waals surface area contributed by atoms with E-state index >= 15 is 0 Å². The summed E-state index contributed by atoms with van der Waals surface area (Å²) in [6.45, 7) is -4.07. The molecule has 0 amide bonds. The maximum Gasteiger partial charge on any atom is 0.431 e. The average molecular weight is 384 g/mol. The summed E-state index contributed by atoms with van der Waals surface area (Å²) >= 11 is 0. The summed E-state index contributed by atoms with van der Waals surface area (Å²) in [6, 6.07) is 0. The zero-order chi connectivity index (χ0) is 19.3. The molecule has 0 heterocycles. The van der Waals surface area contributed by atoms with Crippen LogP contribution in [-0.2, 0) is 0 Å². The Morgan fingerprint density at radius 1 is 0.565 bits per heavy atom. The topological polar surface area (TPSA) is 0 Å². The van der Waals surface area contributed by atoms with Gasteiger partial charge >= 0.3 is 42.0 Å². The summed E-state index contributed by atoms with van der Waals surface area (Å²) in [4.78, 5) is 0. The molecule has 0 saturated heterocycles. The molecule has 0 saturated carbocycles. The first-order valence-corrected chi connectivity index (χ1v) is 4.86. The SMILES string of the molecule is FCC(F)(C(F)(F)F)C(F)(F)C(F)(F)C(F)(F)C(F)(F)C(F)F. The first kappa shape index (κ1) is 21.9. The minimum atomic E-state index is -8.03. The zero-order valence-electron chi connectivity index (χ0n) is 9.95. The van der Waals surface area contributed by atoms with E-state index in [0.29, 0.717) is 0 Å². The molecule has 0 nitrogen and oxygen atoms in total. The third-order valence-electron chi connectivity index (χ3n) is 2.61. The lowest BCUT2D eigenvalue weighted by Gasteiger charge is -2.41. The fourth-order valence-electron chi connectivity index (χ4n) is 1.13. The molecule has 0 fully saturated rings. The minimum absolute atomic E-state index is 4.07. The van der Waals surface area contributed by atoms with E-state index in [4.69, 9.17) is 0 Å². The lowest BCUT2D eigenvalue weighted by Crippen LogP contribution is -2.72. The maximum atomic E-state index is 12.9. The first-order chi connectivity index (χ1) is 9.75. The third kappa shape index (κ3) is 2.68. The van der Waals surface area contributed by atoms with Crippen LogP contribution >= 0.6 is 0 Å². The molecular formula is C8H3F15. The fourth-order valence-corrected chi connectivity index (χ4v) is 1.13. The predicted molar refractivity (Wildman–Crippen MR) is 41.7 cm³/mol. The van der Waals surface area contributed by atoms with E-state index < -0.39 is 48.6 Å². The number of hydrogen-bond acceptors (Lipinski definition) is 0. The Labute approximate surface area is 116 Å². The molecule has 0 spiro atoms. The Balaban J connectivity index is 6.38. The summed E-state index contributed by atoms with van der Waals surface area (Å²) in [6.07, 6.45) is -13.0. The fraction of sp³-hybridized carbons (Fsp3) is 1.00. The Hall–Kier alpha value is -1.05.